The van der Waals surface area contributed by atoms with E-state index in [0.717, 1.165) is 19.3 Å². The topological polar surface area (TPSA) is 90.3 Å². The molecule has 4 rings (SSSR count). The van der Waals surface area contributed by atoms with E-state index in [9.17, 15) is 23.2 Å². The number of ether oxygens (including phenoxy) is 1. The maximum atomic E-state index is 12.8. The Morgan fingerprint density at radius 2 is 1.91 bits per heavy atom. The molecule has 3 aromatic rings. The molecular weight excluding hydrogens is 452 g/mol. The highest BCUT2D eigenvalue weighted by Crippen LogP contribution is 2.26. The minimum atomic E-state index is -2.52. The molecule has 1 N–H and O–H groups in total. The van der Waals surface area contributed by atoms with Crippen LogP contribution in [0.25, 0.3) is 10.9 Å². The number of nitrogens with one attached hydrogen (secondary N) is 1. The standard InChI is InChI=1S/C23H21F2N3O4S/c24-23(25)33-16-8-6-15(7-9-16)26-20(29)13-32-22(31)14-5-10-17-18(12-14)27-19-4-2-1-3-11-28(19)21(17)30/h5-10,12,23H,1-4,11,13H2,(H,26,29). The van der Waals surface area contributed by atoms with Gasteiger partial charge in [-0.3, -0.25) is 14.2 Å². The molecular formula is C23H21F2N3O4S. The Morgan fingerprint density at radius 1 is 1.12 bits per heavy atom. The van der Waals surface area contributed by atoms with Crippen molar-refractivity contribution in [3.05, 3.63) is 64.2 Å². The number of esters is 1. The lowest BCUT2D eigenvalue weighted by atomic mass is 10.1. The molecule has 1 amide bonds. The SMILES string of the molecule is O=C(COC(=O)c1ccc2c(=O)n3c(nc2c1)CCCCC3)Nc1ccc(SC(F)F)cc1. The highest BCUT2D eigenvalue weighted by Gasteiger charge is 2.16. The maximum Gasteiger partial charge on any atom is 0.338 e. The third-order valence-corrected chi connectivity index (χ3v) is 5.97. The van der Waals surface area contributed by atoms with Crippen LogP contribution in [0.3, 0.4) is 0 Å². The monoisotopic (exact) mass is 473 g/mol. The first-order valence-electron chi connectivity index (χ1n) is 10.5. The zero-order valence-corrected chi connectivity index (χ0v) is 18.4. The summed E-state index contributed by atoms with van der Waals surface area (Å²) in [6, 6.07) is 10.4. The number of benzene rings is 2. The predicted octanol–water partition coefficient (Wildman–Crippen LogP) is 4.23. The smallest absolute Gasteiger partial charge is 0.338 e. The number of halogens is 2. The first-order valence-corrected chi connectivity index (χ1v) is 11.3. The fourth-order valence-electron chi connectivity index (χ4n) is 3.68. The van der Waals surface area contributed by atoms with Crippen LogP contribution in [0.15, 0.2) is 52.2 Å². The fourth-order valence-corrected chi connectivity index (χ4v) is 4.18. The number of rotatable bonds is 6. The molecule has 10 heteroatoms. The molecule has 0 saturated carbocycles. The van der Waals surface area contributed by atoms with Crippen molar-refractivity contribution in [2.75, 3.05) is 11.9 Å². The number of aryl methyl sites for hydroxylation is 1. The summed E-state index contributed by atoms with van der Waals surface area (Å²) >= 11 is 0.406. The molecule has 1 aliphatic rings. The first kappa shape index (κ1) is 22.9. The van der Waals surface area contributed by atoms with Gasteiger partial charge in [0.15, 0.2) is 6.61 Å². The summed E-state index contributed by atoms with van der Waals surface area (Å²) in [5.41, 5.74) is 0.892. The van der Waals surface area contributed by atoms with Crippen LogP contribution in [-0.4, -0.2) is 33.8 Å². The molecule has 0 saturated heterocycles. The van der Waals surface area contributed by atoms with E-state index in [2.05, 4.69) is 10.3 Å². The number of thioether (sulfide) groups is 1. The third kappa shape index (κ3) is 5.57. The van der Waals surface area contributed by atoms with Crippen LogP contribution in [-0.2, 0) is 22.5 Å². The summed E-state index contributed by atoms with van der Waals surface area (Å²) in [6.07, 6.45) is 3.65. The number of aromatic nitrogens is 2. The largest absolute Gasteiger partial charge is 0.452 e. The van der Waals surface area contributed by atoms with Gasteiger partial charge >= 0.3 is 5.97 Å². The highest BCUT2D eigenvalue weighted by molar-refractivity contribution is 7.99. The molecule has 2 aromatic carbocycles. The van der Waals surface area contributed by atoms with Gasteiger partial charge in [-0.2, -0.15) is 8.78 Å². The summed E-state index contributed by atoms with van der Waals surface area (Å²) in [7, 11) is 0. The van der Waals surface area contributed by atoms with Gasteiger partial charge in [0, 0.05) is 23.5 Å². The molecule has 172 valence electrons. The molecule has 33 heavy (non-hydrogen) atoms. The molecule has 1 aliphatic heterocycles. The number of carbonyl (C=O) groups is 2. The van der Waals surface area contributed by atoms with Crippen LogP contribution < -0.4 is 10.9 Å². The van der Waals surface area contributed by atoms with E-state index < -0.39 is 24.2 Å². The van der Waals surface area contributed by atoms with Gasteiger partial charge in [-0.25, -0.2) is 9.78 Å². The predicted molar refractivity (Wildman–Crippen MR) is 121 cm³/mol. The lowest BCUT2D eigenvalue weighted by Crippen LogP contribution is -2.25. The van der Waals surface area contributed by atoms with Crippen molar-refractivity contribution in [2.24, 2.45) is 0 Å². The minimum absolute atomic E-state index is 0.117. The van der Waals surface area contributed by atoms with Gasteiger partial charge in [-0.15, -0.1) is 0 Å². The highest BCUT2D eigenvalue weighted by atomic mass is 32.2. The van der Waals surface area contributed by atoms with E-state index in [-0.39, 0.29) is 11.1 Å². The van der Waals surface area contributed by atoms with E-state index in [4.69, 9.17) is 4.74 Å². The molecule has 2 heterocycles. The summed E-state index contributed by atoms with van der Waals surface area (Å²) in [6.45, 7) is 0.120. The number of carbonyl (C=O) groups excluding carboxylic acids is 2. The number of fused-ring (bicyclic) bond motifs is 2. The lowest BCUT2D eigenvalue weighted by Gasteiger charge is -2.11. The Balaban J connectivity index is 1.40. The second kappa shape index (κ2) is 10.1. The third-order valence-electron chi connectivity index (χ3n) is 5.25. The zero-order chi connectivity index (χ0) is 23.4. The zero-order valence-electron chi connectivity index (χ0n) is 17.6. The Labute approximate surface area is 192 Å². The van der Waals surface area contributed by atoms with Crippen molar-refractivity contribution in [3.63, 3.8) is 0 Å². The first-order chi connectivity index (χ1) is 15.9. The van der Waals surface area contributed by atoms with Crippen LogP contribution in [0.5, 0.6) is 0 Å². The average molecular weight is 474 g/mol. The fraction of sp³-hybridized carbons (Fsp3) is 0.304. The Morgan fingerprint density at radius 3 is 2.67 bits per heavy atom. The molecule has 0 atom stereocenters. The number of nitrogens with zero attached hydrogens (tertiary/aromatic N) is 2. The van der Waals surface area contributed by atoms with Crippen LogP contribution in [0, 0.1) is 0 Å². The van der Waals surface area contributed by atoms with Crippen LogP contribution in [0.4, 0.5) is 14.5 Å². The van der Waals surface area contributed by atoms with E-state index >= 15 is 0 Å². The van der Waals surface area contributed by atoms with Crippen molar-refractivity contribution >= 4 is 40.2 Å². The molecule has 0 radical (unpaired) electrons. The second-order valence-corrected chi connectivity index (χ2v) is 8.62. The molecule has 0 bridgehead atoms. The van der Waals surface area contributed by atoms with Gasteiger partial charge in [0.05, 0.1) is 16.5 Å². The lowest BCUT2D eigenvalue weighted by molar-refractivity contribution is -0.119. The van der Waals surface area contributed by atoms with Crippen LogP contribution in [0.1, 0.15) is 35.4 Å². The van der Waals surface area contributed by atoms with Crippen molar-refractivity contribution in [1.82, 2.24) is 9.55 Å². The number of anilines is 1. The van der Waals surface area contributed by atoms with Gasteiger partial charge in [-0.05, 0) is 55.3 Å². The molecule has 1 aromatic heterocycles. The molecule has 0 unspecified atom stereocenters. The van der Waals surface area contributed by atoms with E-state index in [1.807, 2.05) is 0 Å². The number of amides is 1. The second-order valence-electron chi connectivity index (χ2n) is 7.55. The molecule has 0 spiro atoms. The van der Waals surface area contributed by atoms with Crippen LogP contribution in [0.2, 0.25) is 0 Å². The summed E-state index contributed by atoms with van der Waals surface area (Å²) in [5.74, 6) is -3.09. The normalized spacial score (nSPS) is 13.4. The van der Waals surface area contributed by atoms with Gasteiger partial charge in [-0.1, -0.05) is 18.2 Å². The van der Waals surface area contributed by atoms with E-state index in [1.54, 1.807) is 10.6 Å². The van der Waals surface area contributed by atoms with Crippen molar-refractivity contribution in [1.29, 1.82) is 0 Å². The van der Waals surface area contributed by atoms with Gasteiger partial charge in [0.2, 0.25) is 0 Å². The number of hydrogen-bond donors (Lipinski definition) is 1. The van der Waals surface area contributed by atoms with Crippen LogP contribution >= 0.6 is 11.8 Å². The average Bonchev–Trinajstić information content (AvgIpc) is 3.04. The summed E-state index contributed by atoms with van der Waals surface area (Å²) in [4.78, 5) is 42.3. The van der Waals surface area contributed by atoms with Gasteiger partial charge in [0.1, 0.15) is 5.82 Å². The van der Waals surface area contributed by atoms with Crippen molar-refractivity contribution in [3.8, 4) is 0 Å². The Kier molecular flexibility index (Phi) is 7.02. The quantitative estimate of drug-likeness (QED) is 0.426. The maximum absolute atomic E-state index is 12.8. The Hall–Kier alpha value is -3.27. The Bertz CT molecular complexity index is 1240. The van der Waals surface area contributed by atoms with Gasteiger partial charge in [0.25, 0.3) is 17.2 Å². The van der Waals surface area contributed by atoms with E-state index in [0.29, 0.717) is 52.0 Å². The summed E-state index contributed by atoms with van der Waals surface area (Å²) < 4.78 is 31.5. The minimum Gasteiger partial charge on any atom is -0.452 e. The van der Waals surface area contributed by atoms with E-state index in [1.165, 1.54) is 36.4 Å². The molecule has 7 nitrogen and oxygen atoms in total. The number of alkyl halides is 2. The van der Waals surface area contributed by atoms with Gasteiger partial charge < -0.3 is 10.1 Å². The summed E-state index contributed by atoms with van der Waals surface area (Å²) in [5, 5.41) is 2.97. The number of hydrogen-bond acceptors (Lipinski definition) is 6. The van der Waals surface area contributed by atoms with Crippen molar-refractivity contribution in [2.45, 2.75) is 42.9 Å². The molecule has 0 aliphatic carbocycles. The van der Waals surface area contributed by atoms with Crippen molar-refractivity contribution < 1.29 is 23.1 Å². The molecule has 0 fully saturated rings.